The van der Waals surface area contributed by atoms with Gasteiger partial charge in [0.2, 0.25) is 11.8 Å². The maximum absolute atomic E-state index is 13.7. The number of benzene rings is 1. The lowest BCUT2D eigenvalue weighted by molar-refractivity contribution is -0.145. The van der Waals surface area contributed by atoms with Gasteiger partial charge in [-0.1, -0.05) is 6.42 Å². The van der Waals surface area contributed by atoms with E-state index in [4.69, 9.17) is 10.8 Å². The van der Waals surface area contributed by atoms with Crippen LogP contribution < -0.4 is 11.1 Å². The van der Waals surface area contributed by atoms with Crippen molar-refractivity contribution in [1.29, 1.82) is 0 Å². The second kappa shape index (κ2) is 5.90. The van der Waals surface area contributed by atoms with E-state index in [1.165, 1.54) is 6.07 Å². The van der Waals surface area contributed by atoms with Gasteiger partial charge >= 0.3 is 5.97 Å². The Morgan fingerprint density at radius 3 is 2.52 bits per heavy atom. The molecule has 1 aliphatic rings. The van der Waals surface area contributed by atoms with Crippen molar-refractivity contribution in [2.45, 2.75) is 19.3 Å². The Labute approximate surface area is 120 Å². The lowest BCUT2D eigenvalue weighted by Crippen LogP contribution is -2.30. The molecule has 4 N–H and O–H groups in total. The summed E-state index contributed by atoms with van der Waals surface area (Å²) in [6.07, 6.45) is 1.51. The Kier molecular flexibility index (Phi) is 4.21. The summed E-state index contributed by atoms with van der Waals surface area (Å²) in [5.74, 6) is -4.49. The third-order valence-electron chi connectivity index (χ3n) is 3.68. The Bertz CT molecular complexity index is 603. The van der Waals surface area contributed by atoms with E-state index in [1.807, 2.05) is 0 Å². The van der Waals surface area contributed by atoms with E-state index in [9.17, 15) is 18.8 Å². The summed E-state index contributed by atoms with van der Waals surface area (Å²) in [5.41, 5.74) is 4.98. The summed E-state index contributed by atoms with van der Waals surface area (Å²) in [6.45, 7) is 0. The molecule has 0 saturated heterocycles. The standard InChI is InChI=1S/C14H15FN2O4/c15-10-5-4-7(12(16)18)6-11(10)17-13(19)8-2-1-3-9(8)14(20)21/h4-6,8-9H,1-3H2,(H2,16,18)(H,17,19)(H,20,21)/t8-,9+/m1/s1. The van der Waals surface area contributed by atoms with Gasteiger partial charge < -0.3 is 16.2 Å². The highest BCUT2D eigenvalue weighted by Crippen LogP contribution is 2.33. The van der Waals surface area contributed by atoms with Crippen LogP contribution in [-0.4, -0.2) is 22.9 Å². The zero-order valence-corrected chi connectivity index (χ0v) is 11.1. The molecule has 112 valence electrons. The van der Waals surface area contributed by atoms with E-state index >= 15 is 0 Å². The maximum atomic E-state index is 13.7. The number of primary amides is 1. The van der Waals surface area contributed by atoms with Gasteiger partial charge in [-0.3, -0.25) is 14.4 Å². The number of hydrogen-bond donors (Lipinski definition) is 3. The van der Waals surface area contributed by atoms with Crippen LogP contribution >= 0.6 is 0 Å². The van der Waals surface area contributed by atoms with Crippen LogP contribution in [0.5, 0.6) is 0 Å². The fraction of sp³-hybridized carbons (Fsp3) is 0.357. The molecule has 0 radical (unpaired) electrons. The van der Waals surface area contributed by atoms with Crippen molar-refractivity contribution < 1.29 is 23.9 Å². The number of aliphatic carboxylic acids is 1. The fourth-order valence-corrected chi connectivity index (χ4v) is 2.57. The molecule has 21 heavy (non-hydrogen) atoms. The predicted octanol–water partition coefficient (Wildman–Crippen LogP) is 1.36. The van der Waals surface area contributed by atoms with Crippen LogP contribution in [0.25, 0.3) is 0 Å². The molecule has 0 spiro atoms. The molecule has 1 aromatic rings. The molecule has 7 heteroatoms. The van der Waals surface area contributed by atoms with Gasteiger partial charge in [0.05, 0.1) is 17.5 Å². The second-order valence-electron chi connectivity index (χ2n) is 5.03. The normalized spacial score (nSPS) is 21.0. The van der Waals surface area contributed by atoms with Crippen LogP contribution in [0.4, 0.5) is 10.1 Å². The highest BCUT2D eigenvalue weighted by atomic mass is 19.1. The number of carbonyl (C=O) groups excluding carboxylic acids is 2. The summed E-state index contributed by atoms with van der Waals surface area (Å²) < 4.78 is 13.7. The Balaban J connectivity index is 2.18. The molecule has 0 aliphatic heterocycles. The first kappa shape index (κ1) is 15.0. The smallest absolute Gasteiger partial charge is 0.307 e. The van der Waals surface area contributed by atoms with Crippen molar-refractivity contribution in [3.63, 3.8) is 0 Å². The van der Waals surface area contributed by atoms with Crippen LogP contribution in [0.15, 0.2) is 18.2 Å². The minimum absolute atomic E-state index is 0.0629. The number of anilines is 1. The average molecular weight is 294 g/mol. The zero-order chi connectivity index (χ0) is 15.6. The van der Waals surface area contributed by atoms with E-state index in [0.29, 0.717) is 19.3 Å². The van der Waals surface area contributed by atoms with E-state index in [0.717, 1.165) is 12.1 Å². The van der Waals surface area contributed by atoms with E-state index in [-0.39, 0.29) is 11.3 Å². The van der Waals surface area contributed by atoms with Gasteiger partial charge in [-0.15, -0.1) is 0 Å². The number of nitrogens with two attached hydrogens (primary N) is 1. The SMILES string of the molecule is NC(=O)c1ccc(F)c(NC(=O)[C@@H]2CCC[C@@H]2C(=O)O)c1. The number of carbonyl (C=O) groups is 3. The summed E-state index contributed by atoms with van der Waals surface area (Å²) >= 11 is 0. The quantitative estimate of drug-likeness (QED) is 0.778. The molecule has 1 aliphatic carbocycles. The minimum Gasteiger partial charge on any atom is -0.481 e. The number of halogens is 1. The summed E-state index contributed by atoms with van der Waals surface area (Å²) in [4.78, 5) is 34.2. The first-order chi connectivity index (χ1) is 9.90. The lowest BCUT2D eigenvalue weighted by Gasteiger charge is -2.16. The van der Waals surface area contributed by atoms with Gasteiger partial charge in [0.15, 0.2) is 0 Å². The average Bonchev–Trinajstić information content (AvgIpc) is 2.90. The van der Waals surface area contributed by atoms with Gasteiger partial charge in [0.1, 0.15) is 5.82 Å². The summed E-state index contributed by atoms with van der Waals surface area (Å²) in [6, 6.07) is 3.38. The predicted molar refractivity (Wildman–Crippen MR) is 72.0 cm³/mol. The Hall–Kier alpha value is -2.44. The number of carboxylic acid groups (broad SMARTS) is 1. The van der Waals surface area contributed by atoms with Crippen molar-refractivity contribution >= 4 is 23.5 Å². The Morgan fingerprint density at radius 2 is 1.90 bits per heavy atom. The molecule has 0 bridgehead atoms. The molecule has 1 fully saturated rings. The van der Waals surface area contributed by atoms with Crippen LogP contribution in [0.1, 0.15) is 29.6 Å². The number of rotatable bonds is 4. The summed E-state index contributed by atoms with van der Waals surface area (Å²) in [5, 5.41) is 11.4. The van der Waals surface area contributed by atoms with Gasteiger partial charge in [0, 0.05) is 5.56 Å². The van der Waals surface area contributed by atoms with E-state index in [2.05, 4.69) is 5.32 Å². The molecule has 2 rings (SSSR count). The molecular weight excluding hydrogens is 279 g/mol. The number of nitrogens with one attached hydrogen (secondary N) is 1. The Morgan fingerprint density at radius 1 is 1.24 bits per heavy atom. The van der Waals surface area contributed by atoms with Gasteiger partial charge in [-0.2, -0.15) is 0 Å². The lowest BCUT2D eigenvalue weighted by atomic mass is 9.95. The van der Waals surface area contributed by atoms with Crippen molar-refractivity contribution in [3.8, 4) is 0 Å². The molecule has 1 saturated carbocycles. The molecule has 2 atom stereocenters. The molecule has 0 unspecified atom stereocenters. The van der Waals surface area contributed by atoms with Crippen LogP contribution in [0, 0.1) is 17.7 Å². The number of amides is 2. The summed E-state index contributed by atoms with van der Waals surface area (Å²) in [7, 11) is 0. The van der Waals surface area contributed by atoms with Crippen molar-refractivity contribution in [3.05, 3.63) is 29.6 Å². The van der Waals surface area contributed by atoms with Gasteiger partial charge in [-0.05, 0) is 31.0 Å². The molecule has 1 aromatic carbocycles. The maximum Gasteiger partial charge on any atom is 0.307 e. The van der Waals surface area contributed by atoms with E-state index in [1.54, 1.807) is 0 Å². The second-order valence-corrected chi connectivity index (χ2v) is 5.03. The topological polar surface area (TPSA) is 109 Å². The van der Waals surface area contributed by atoms with E-state index < -0.39 is 35.4 Å². The fourth-order valence-electron chi connectivity index (χ4n) is 2.57. The molecule has 6 nitrogen and oxygen atoms in total. The number of hydrogen-bond acceptors (Lipinski definition) is 3. The third kappa shape index (κ3) is 3.18. The van der Waals surface area contributed by atoms with Crippen molar-refractivity contribution in [1.82, 2.24) is 0 Å². The minimum atomic E-state index is -1.03. The van der Waals surface area contributed by atoms with Crippen LogP contribution in [-0.2, 0) is 9.59 Å². The molecular formula is C14H15FN2O4. The molecule has 0 heterocycles. The van der Waals surface area contributed by atoms with Crippen LogP contribution in [0.3, 0.4) is 0 Å². The first-order valence-electron chi connectivity index (χ1n) is 6.53. The highest BCUT2D eigenvalue weighted by Gasteiger charge is 2.37. The van der Waals surface area contributed by atoms with Gasteiger partial charge in [0.25, 0.3) is 0 Å². The number of carboxylic acids is 1. The monoisotopic (exact) mass is 294 g/mol. The molecule has 0 aromatic heterocycles. The zero-order valence-electron chi connectivity index (χ0n) is 11.1. The van der Waals surface area contributed by atoms with Crippen molar-refractivity contribution in [2.24, 2.45) is 17.6 Å². The van der Waals surface area contributed by atoms with Crippen LogP contribution in [0.2, 0.25) is 0 Å². The van der Waals surface area contributed by atoms with Crippen molar-refractivity contribution in [2.75, 3.05) is 5.32 Å². The highest BCUT2D eigenvalue weighted by molar-refractivity contribution is 5.98. The largest absolute Gasteiger partial charge is 0.481 e. The molecule has 2 amide bonds. The third-order valence-corrected chi connectivity index (χ3v) is 3.68. The van der Waals surface area contributed by atoms with Gasteiger partial charge in [-0.25, -0.2) is 4.39 Å². The first-order valence-corrected chi connectivity index (χ1v) is 6.53.